The molecule has 2 N–H and O–H groups in total. The monoisotopic (exact) mass is 192 g/mol. The summed E-state index contributed by atoms with van der Waals surface area (Å²) < 4.78 is 0. The average molecular weight is 192 g/mol. The summed E-state index contributed by atoms with van der Waals surface area (Å²) >= 11 is 0. The van der Waals surface area contributed by atoms with Gasteiger partial charge in [-0.05, 0) is 32.0 Å². The number of rotatable bonds is 4. The summed E-state index contributed by atoms with van der Waals surface area (Å²) in [7, 11) is 0. The van der Waals surface area contributed by atoms with Gasteiger partial charge in [-0.1, -0.05) is 6.92 Å². The number of nitrogens with two attached hydrogens (primary N) is 1. The van der Waals surface area contributed by atoms with Gasteiger partial charge in [-0.3, -0.25) is 9.78 Å². The smallest absolute Gasteiger partial charge is 0.167 e. The van der Waals surface area contributed by atoms with Crippen molar-refractivity contribution in [3.63, 3.8) is 0 Å². The molecule has 0 spiro atoms. The van der Waals surface area contributed by atoms with E-state index in [9.17, 15) is 4.79 Å². The lowest BCUT2D eigenvalue weighted by atomic mass is 9.97. The minimum Gasteiger partial charge on any atom is -0.330 e. The summed E-state index contributed by atoms with van der Waals surface area (Å²) in [6.07, 6.45) is 2.36. The Morgan fingerprint density at radius 2 is 2.29 bits per heavy atom. The van der Waals surface area contributed by atoms with E-state index >= 15 is 0 Å². The predicted octanol–water partition coefficient (Wildman–Crippen LogP) is 1.56. The lowest BCUT2D eigenvalue weighted by Gasteiger charge is -2.08. The molecule has 1 heterocycles. The second kappa shape index (κ2) is 4.86. The number of Topliss-reactive ketones (excluding diaryl/α,β-unsaturated/α-hetero) is 1. The molecule has 0 saturated heterocycles. The molecular weight excluding hydrogens is 176 g/mol. The van der Waals surface area contributed by atoms with Gasteiger partial charge in [0.1, 0.15) is 0 Å². The molecule has 1 rings (SSSR count). The van der Waals surface area contributed by atoms with Crippen LogP contribution in [0.25, 0.3) is 0 Å². The van der Waals surface area contributed by atoms with Gasteiger partial charge in [0.25, 0.3) is 0 Å². The molecule has 0 aliphatic rings. The van der Waals surface area contributed by atoms with Crippen LogP contribution in [0.5, 0.6) is 0 Å². The SMILES string of the molecule is Cc1ccc(C(=O)C(C)CCN)cn1. The van der Waals surface area contributed by atoms with Crippen molar-refractivity contribution in [2.45, 2.75) is 20.3 Å². The van der Waals surface area contributed by atoms with Crippen LogP contribution in [-0.4, -0.2) is 17.3 Å². The second-order valence-corrected chi connectivity index (χ2v) is 3.53. The molecule has 1 unspecified atom stereocenters. The zero-order chi connectivity index (χ0) is 10.6. The number of hydrogen-bond donors (Lipinski definition) is 1. The van der Waals surface area contributed by atoms with Gasteiger partial charge >= 0.3 is 0 Å². The Bertz CT molecular complexity index is 306. The minimum absolute atomic E-state index is 0.00972. The molecule has 0 saturated carbocycles. The van der Waals surface area contributed by atoms with Crippen LogP contribution in [0.2, 0.25) is 0 Å². The maximum absolute atomic E-state index is 11.8. The number of carbonyl (C=O) groups excluding carboxylic acids is 1. The molecule has 0 fully saturated rings. The number of ketones is 1. The highest BCUT2D eigenvalue weighted by molar-refractivity contribution is 5.97. The fourth-order valence-corrected chi connectivity index (χ4v) is 1.28. The zero-order valence-corrected chi connectivity index (χ0v) is 8.66. The van der Waals surface area contributed by atoms with Gasteiger partial charge in [0.05, 0.1) is 0 Å². The summed E-state index contributed by atoms with van der Waals surface area (Å²) in [5.41, 5.74) is 7.00. The number of hydrogen-bond acceptors (Lipinski definition) is 3. The number of aryl methyl sites for hydroxylation is 1. The van der Waals surface area contributed by atoms with Gasteiger partial charge in [-0.25, -0.2) is 0 Å². The zero-order valence-electron chi connectivity index (χ0n) is 8.66. The Hall–Kier alpha value is -1.22. The molecule has 1 aromatic heterocycles. The molecule has 1 atom stereocenters. The third-order valence-electron chi connectivity index (χ3n) is 2.24. The number of carbonyl (C=O) groups is 1. The van der Waals surface area contributed by atoms with Crippen molar-refractivity contribution < 1.29 is 4.79 Å². The van der Waals surface area contributed by atoms with E-state index in [1.807, 2.05) is 26.0 Å². The van der Waals surface area contributed by atoms with E-state index in [-0.39, 0.29) is 11.7 Å². The van der Waals surface area contributed by atoms with Gasteiger partial charge in [0.2, 0.25) is 0 Å². The van der Waals surface area contributed by atoms with Crippen LogP contribution in [-0.2, 0) is 0 Å². The molecule has 14 heavy (non-hydrogen) atoms. The molecule has 0 aromatic carbocycles. The summed E-state index contributed by atoms with van der Waals surface area (Å²) in [5, 5.41) is 0. The van der Waals surface area contributed by atoms with Crippen molar-refractivity contribution in [3.05, 3.63) is 29.6 Å². The lowest BCUT2D eigenvalue weighted by Crippen LogP contribution is -2.15. The van der Waals surface area contributed by atoms with E-state index in [2.05, 4.69) is 4.98 Å². The quantitative estimate of drug-likeness (QED) is 0.736. The molecule has 0 amide bonds. The number of pyridine rings is 1. The van der Waals surface area contributed by atoms with E-state index in [0.29, 0.717) is 12.1 Å². The van der Waals surface area contributed by atoms with E-state index in [4.69, 9.17) is 5.73 Å². The molecule has 1 aromatic rings. The normalized spacial score (nSPS) is 12.5. The largest absolute Gasteiger partial charge is 0.330 e. The highest BCUT2D eigenvalue weighted by Crippen LogP contribution is 2.10. The van der Waals surface area contributed by atoms with Gasteiger partial charge in [-0.2, -0.15) is 0 Å². The van der Waals surface area contributed by atoms with Gasteiger partial charge < -0.3 is 5.73 Å². The van der Waals surface area contributed by atoms with Crippen LogP contribution in [0, 0.1) is 12.8 Å². The third-order valence-corrected chi connectivity index (χ3v) is 2.24. The fourth-order valence-electron chi connectivity index (χ4n) is 1.28. The van der Waals surface area contributed by atoms with Gasteiger partial charge in [-0.15, -0.1) is 0 Å². The van der Waals surface area contributed by atoms with Crippen molar-refractivity contribution in [1.82, 2.24) is 4.98 Å². The van der Waals surface area contributed by atoms with Crippen LogP contribution >= 0.6 is 0 Å². The first-order valence-electron chi connectivity index (χ1n) is 4.82. The Morgan fingerprint density at radius 3 is 2.79 bits per heavy atom. The Morgan fingerprint density at radius 1 is 1.57 bits per heavy atom. The first-order valence-corrected chi connectivity index (χ1v) is 4.82. The molecule has 76 valence electrons. The van der Waals surface area contributed by atoms with E-state index in [0.717, 1.165) is 12.1 Å². The summed E-state index contributed by atoms with van der Waals surface area (Å²) in [6.45, 7) is 4.35. The third kappa shape index (κ3) is 2.64. The first kappa shape index (κ1) is 10.9. The summed E-state index contributed by atoms with van der Waals surface area (Å²) in [6, 6.07) is 3.67. The average Bonchev–Trinajstić information content (AvgIpc) is 2.18. The van der Waals surface area contributed by atoms with Gasteiger partial charge in [0.15, 0.2) is 5.78 Å². The summed E-state index contributed by atoms with van der Waals surface area (Å²) in [4.78, 5) is 15.8. The molecule has 3 heteroatoms. The number of nitrogens with zero attached hydrogens (tertiary/aromatic N) is 1. The second-order valence-electron chi connectivity index (χ2n) is 3.53. The number of aromatic nitrogens is 1. The van der Waals surface area contributed by atoms with Crippen LogP contribution in [0.3, 0.4) is 0 Å². The Kier molecular flexibility index (Phi) is 3.77. The van der Waals surface area contributed by atoms with E-state index in [1.54, 1.807) is 6.20 Å². The highest BCUT2D eigenvalue weighted by atomic mass is 16.1. The van der Waals surface area contributed by atoms with Crippen molar-refractivity contribution in [2.24, 2.45) is 11.7 Å². The van der Waals surface area contributed by atoms with Crippen LogP contribution in [0.1, 0.15) is 29.4 Å². The van der Waals surface area contributed by atoms with Crippen molar-refractivity contribution in [1.29, 1.82) is 0 Å². The highest BCUT2D eigenvalue weighted by Gasteiger charge is 2.13. The fraction of sp³-hybridized carbons (Fsp3) is 0.455. The standard InChI is InChI=1S/C11H16N2O/c1-8(5-6-12)11(14)10-4-3-9(2)13-7-10/h3-4,7-8H,5-6,12H2,1-2H3. The van der Waals surface area contributed by atoms with Crippen LogP contribution < -0.4 is 5.73 Å². The van der Waals surface area contributed by atoms with Crippen molar-refractivity contribution in [3.8, 4) is 0 Å². The van der Waals surface area contributed by atoms with E-state index in [1.165, 1.54) is 0 Å². The first-order chi connectivity index (χ1) is 6.65. The van der Waals surface area contributed by atoms with E-state index < -0.39 is 0 Å². The maximum atomic E-state index is 11.8. The van der Waals surface area contributed by atoms with Crippen molar-refractivity contribution >= 4 is 5.78 Å². The topological polar surface area (TPSA) is 56.0 Å². The van der Waals surface area contributed by atoms with Gasteiger partial charge in [0, 0.05) is 23.4 Å². The lowest BCUT2D eigenvalue weighted by molar-refractivity contribution is 0.0925. The Labute approximate surface area is 84.3 Å². The molecule has 0 aliphatic heterocycles. The minimum atomic E-state index is -0.00972. The molecule has 3 nitrogen and oxygen atoms in total. The van der Waals surface area contributed by atoms with Crippen LogP contribution in [0.15, 0.2) is 18.3 Å². The van der Waals surface area contributed by atoms with Crippen molar-refractivity contribution in [2.75, 3.05) is 6.54 Å². The predicted molar refractivity (Wildman–Crippen MR) is 56.1 cm³/mol. The molecule has 0 bridgehead atoms. The molecule has 0 aliphatic carbocycles. The maximum Gasteiger partial charge on any atom is 0.167 e. The molecule has 0 radical (unpaired) electrons. The van der Waals surface area contributed by atoms with Crippen LogP contribution in [0.4, 0.5) is 0 Å². The Balaban J connectivity index is 2.74. The molecular formula is C11H16N2O. The summed E-state index contributed by atoms with van der Waals surface area (Å²) in [5.74, 6) is 0.118.